The van der Waals surface area contributed by atoms with Gasteiger partial charge < -0.3 is 15.4 Å². The SMILES string of the molecule is CCC(C)c1ccccc1N/C=C(/C#N)C(=O)Nc1ccc(Oc2ccccc2)cc1. The number of nitrogens with zero attached hydrogens (tertiary/aromatic N) is 1. The van der Waals surface area contributed by atoms with Gasteiger partial charge in [-0.15, -0.1) is 0 Å². The van der Waals surface area contributed by atoms with Crippen LogP contribution in [0.4, 0.5) is 11.4 Å². The number of amides is 1. The number of hydrogen-bond donors (Lipinski definition) is 2. The van der Waals surface area contributed by atoms with Gasteiger partial charge in [0.05, 0.1) is 0 Å². The summed E-state index contributed by atoms with van der Waals surface area (Å²) in [5.74, 6) is 1.28. The van der Waals surface area contributed by atoms with Gasteiger partial charge in [0.2, 0.25) is 0 Å². The minimum absolute atomic E-state index is 0.0106. The van der Waals surface area contributed by atoms with Crippen LogP contribution in [0.2, 0.25) is 0 Å². The molecule has 156 valence electrons. The fraction of sp³-hybridized carbons (Fsp3) is 0.154. The second-order valence-corrected chi connectivity index (χ2v) is 7.10. The molecule has 2 N–H and O–H groups in total. The lowest BCUT2D eigenvalue weighted by molar-refractivity contribution is -0.112. The number of nitrogens with one attached hydrogen (secondary N) is 2. The molecule has 0 heterocycles. The minimum Gasteiger partial charge on any atom is -0.457 e. The van der Waals surface area contributed by atoms with Gasteiger partial charge in [0.1, 0.15) is 23.1 Å². The van der Waals surface area contributed by atoms with E-state index in [0.29, 0.717) is 17.4 Å². The van der Waals surface area contributed by atoms with Crippen molar-refractivity contribution in [2.45, 2.75) is 26.2 Å². The molecule has 3 rings (SSSR count). The molecule has 5 nitrogen and oxygen atoms in total. The van der Waals surface area contributed by atoms with E-state index in [-0.39, 0.29) is 5.57 Å². The summed E-state index contributed by atoms with van der Waals surface area (Å²) < 4.78 is 5.75. The number of carbonyl (C=O) groups excluding carboxylic acids is 1. The zero-order valence-electron chi connectivity index (χ0n) is 17.6. The molecule has 0 radical (unpaired) electrons. The van der Waals surface area contributed by atoms with Crippen molar-refractivity contribution >= 4 is 17.3 Å². The first-order chi connectivity index (χ1) is 15.1. The van der Waals surface area contributed by atoms with E-state index in [4.69, 9.17) is 4.74 Å². The summed E-state index contributed by atoms with van der Waals surface area (Å²) in [5, 5.41) is 15.3. The van der Waals surface area contributed by atoms with E-state index in [9.17, 15) is 10.1 Å². The maximum absolute atomic E-state index is 12.5. The summed E-state index contributed by atoms with van der Waals surface area (Å²) in [6.45, 7) is 4.27. The van der Waals surface area contributed by atoms with Gasteiger partial charge in [0.15, 0.2) is 0 Å². The molecule has 0 saturated heterocycles. The molecule has 0 aliphatic heterocycles. The van der Waals surface area contributed by atoms with Gasteiger partial charge in [-0.2, -0.15) is 5.26 Å². The minimum atomic E-state index is -0.479. The van der Waals surface area contributed by atoms with Gasteiger partial charge in [-0.3, -0.25) is 4.79 Å². The molecule has 0 aromatic heterocycles. The van der Waals surface area contributed by atoms with Crippen LogP contribution in [0.5, 0.6) is 11.5 Å². The molecular formula is C26H25N3O2. The van der Waals surface area contributed by atoms with E-state index in [0.717, 1.165) is 23.4 Å². The summed E-state index contributed by atoms with van der Waals surface area (Å²) in [6.07, 6.45) is 2.45. The van der Waals surface area contributed by atoms with Crippen molar-refractivity contribution in [1.82, 2.24) is 0 Å². The summed E-state index contributed by atoms with van der Waals surface area (Å²) in [6, 6.07) is 26.3. The predicted molar refractivity (Wildman–Crippen MR) is 124 cm³/mol. The highest BCUT2D eigenvalue weighted by Gasteiger charge is 2.11. The Labute approximate surface area is 183 Å². The Hall–Kier alpha value is -4.04. The number of anilines is 2. The smallest absolute Gasteiger partial charge is 0.267 e. The van der Waals surface area contributed by atoms with Crippen LogP contribution in [0.25, 0.3) is 0 Å². The van der Waals surface area contributed by atoms with Crippen LogP contribution >= 0.6 is 0 Å². The van der Waals surface area contributed by atoms with Gasteiger partial charge in [-0.05, 0) is 60.4 Å². The van der Waals surface area contributed by atoms with Crippen LogP contribution in [0.1, 0.15) is 31.7 Å². The second-order valence-electron chi connectivity index (χ2n) is 7.10. The summed E-state index contributed by atoms with van der Waals surface area (Å²) in [7, 11) is 0. The van der Waals surface area contributed by atoms with Gasteiger partial charge in [0.25, 0.3) is 5.91 Å². The molecule has 5 heteroatoms. The molecule has 0 bridgehead atoms. The quantitative estimate of drug-likeness (QED) is 0.330. The number of rotatable bonds is 8. The third-order valence-corrected chi connectivity index (χ3v) is 4.93. The lowest BCUT2D eigenvalue weighted by atomic mass is 9.97. The summed E-state index contributed by atoms with van der Waals surface area (Å²) in [5.41, 5.74) is 2.60. The molecule has 0 aliphatic rings. The monoisotopic (exact) mass is 411 g/mol. The van der Waals surface area contributed by atoms with Crippen LogP contribution in [0.3, 0.4) is 0 Å². The topological polar surface area (TPSA) is 74.2 Å². The fourth-order valence-electron chi connectivity index (χ4n) is 3.01. The van der Waals surface area contributed by atoms with Crippen molar-refractivity contribution < 1.29 is 9.53 Å². The highest BCUT2D eigenvalue weighted by Crippen LogP contribution is 2.27. The van der Waals surface area contributed by atoms with Crippen LogP contribution in [-0.2, 0) is 4.79 Å². The van der Waals surface area contributed by atoms with E-state index < -0.39 is 5.91 Å². The number of para-hydroxylation sites is 2. The van der Waals surface area contributed by atoms with E-state index in [2.05, 4.69) is 30.5 Å². The highest BCUT2D eigenvalue weighted by atomic mass is 16.5. The van der Waals surface area contributed by atoms with Crippen LogP contribution in [0, 0.1) is 11.3 Å². The molecule has 3 aromatic rings. The van der Waals surface area contributed by atoms with Crippen molar-refractivity contribution in [2.24, 2.45) is 0 Å². The molecule has 1 amide bonds. The molecule has 1 unspecified atom stereocenters. The van der Waals surface area contributed by atoms with Crippen molar-refractivity contribution in [1.29, 1.82) is 5.26 Å². The Kier molecular flexibility index (Phi) is 7.45. The maximum atomic E-state index is 12.5. The Balaban J connectivity index is 1.65. The Morgan fingerprint density at radius 3 is 2.32 bits per heavy atom. The fourth-order valence-corrected chi connectivity index (χ4v) is 3.01. The summed E-state index contributed by atoms with van der Waals surface area (Å²) >= 11 is 0. The standard InChI is InChI=1S/C26H25N3O2/c1-3-19(2)24-11-7-8-12-25(24)28-18-20(17-27)26(30)29-21-13-15-23(16-14-21)31-22-9-5-4-6-10-22/h4-16,18-19,28H,3H2,1-2H3,(H,29,30)/b20-18-. The lowest BCUT2D eigenvalue weighted by Crippen LogP contribution is -2.14. The number of carbonyl (C=O) groups is 1. The first-order valence-electron chi connectivity index (χ1n) is 10.2. The maximum Gasteiger partial charge on any atom is 0.267 e. The first-order valence-corrected chi connectivity index (χ1v) is 10.2. The number of benzene rings is 3. The normalized spacial score (nSPS) is 11.8. The van der Waals surface area contributed by atoms with E-state index >= 15 is 0 Å². The zero-order valence-corrected chi connectivity index (χ0v) is 17.6. The third kappa shape index (κ3) is 5.97. The molecule has 0 fully saturated rings. The number of ether oxygens (including phenoxy) is 1. The first kappa shape index (κ1) is 21.7. The number of hydrogen-bond acceptors (Lipinski definition) is 4. The molecule has 31 heavy (non-hydrogen) atoms. The predicted octanol–water partition coefficient (Wildman–Crippen LogP) is 6.45. The Morgan fingerprint density at radius 2 is 1.65 bits per heavy atom. The van der Waals surface area contributed by atoms with Gasteiger partial charge in [0, 0.05) is 17.6 Å². The highest BCUT2D eigenvalue weighted by molar-refractivity contribution is 6.06. The van der Waals surface area contributed by atoms with E-state index in [1.807, 2.05) is 54.6 Å². The molecule has 0 aliphatic carbocycles. The van der Waals surface area contributed by atoms with Crippen molar-refractivity contribution in [3.63, 3.8) is 0 Å². The van der Waals surface area contributed by atoms with Gasteiger partial charge >= 0.3 is 0 Å². The third-order valence-electron chi connectivity index (χ3n) is 4.93. The van der Waals surface area contributed by atoms with Crippen LogP contribution in [-0.4, -0.2) is 5.91 Å². The van der Waals surface area contributed by atoms with Crippen LogP contribution in [0.15, 0.2) is 90.6 Å². The van der Waals surface area contributed by atoms with Gasteiger partial charge in [-0.25, -0.2) is 0 Å². The van der Waals surface area contributed by atoms with Crippen molar-refractivity contribution in [3.8, 4) is 17.6 Å². The van der Waals surface area contributed by atoms with Crippen LogP contribution < -0.4 is 15.4 Å². The van der Waals surface area contributed by atoms with Gasteiger partial charge in [-0.1, -0.05) is 50.2 Å². The summed E-state index contributed by atoms with van der Waals surface area (Å²) in [4.78, 5) is 12.5. The largest absolute Gasteiger partial charge is 0.457 e. The number of nitriles is 1. The average molecular weight is 412 g/mol. The molecular weight excluding hydrogens is 386 g/mol. The van der Waals surface area contributed by atoms with Crippen molar-refractivity contribution in [2.75, 3.05) is 10.6 Å². The molecule has 0 saturated carbocycles. The van der Waals surface area contributed by atoms with E-state index in [1.165, 1.54) is 6.20 Å². The second kappa shape index (κ2) is 10.7. The van der Waals surface area contributed by atoms with Crippen molar-refractivity contribution in [3.05, 3.63) is 96.2 Å². The average Bonchev–Trinajstić information content (AvgIpc) is 2.81. The molecule has 3 aromatic carbocycles. The molecule has 0 spiro atoms. The van der Waals surface area contributed by atoms with E-state index in [1.54, 1.807) is 24.3 Å². The zero-order chi connectivity index (χ0) is 22.1. The Bertz CT molecular complexity index is 1080. The molecule has 1 atom stereocenters. The Morgan fingerprint density at radius 1 is 1.00 bits per heavy atom. The lowest BCUT2D eigenvalue weighted by Gasteiger charge is -2.14.